The van der Waals surface area contributed by atoms with Crippen molar-refractivity contribution in [2.24, 2.45) is 5.73 Å². The highest BCUT2D eigenvalue weighted by atomic mass is 32.2. The first-order valence-corrected chi connectivity index (χ1v) is 11.1. The fourth-order valence-corrected chi connectivity index (χ4v) is 6.33. The van der Waals surface area contributed by atoms with E-state index in [4.69, 9.17) is 10.3 Å². The molecule has 2 bridgehead atoms. The molecule has 1 aromatic rings. The first-order chi connectivity index (χ1) is 12.5. The van der Waals surface area contributed by atoms with Crippen molar-refractivity contribution in [2.45, 2.75) is 69.0 Å². The lowest BCUT2D eigenvalue weighted by Gasteiger charge is -2.38. The number of nitrogens with one attached hydrogen (secondary N) is 1. The summed E-state index contributed by atoms with van der Waals surface area (Å²) < 4.78 is 32.1. The molecular weight excluding hydrogens is 356 g/mol. The summed E-state index contributed by atoms with van der Waals surface area (Å²) in [7, 11) is -3.27. The second-order valence-electron chi connectivity index (χ2n) is 7.70. The summed E-state index contributed by atoms with van der Waals surface area (Å²) in [5.74, 6) is 1.08. The van der Waals surface area contributed by atoms with E-state index in [0.717, 1.165) is 31.4 Å². The number of sulfonamides is 1. The smallest absolute Gasteiger partial charge is 0.273 e. The molecule has 0 aromatic carbocycles. The minimum Gasteiger partial charge on any atom is -0.360 e. The number of piperidine rings is 1. The molecule has 1 aromatic heterocycles. The van der Waals surface area contributed by atoms with Gasteiger partial charge in [-0.15, -0.1) is 0 Å². The first kappa shape index (κ1) is 17.9. The molecule has 0 spiro atoms. The maximum absolute atomic E-state index is 12.6. The predicted octanol–water partition coefficient (Wildman–Crippen LogP) is 0.956. The largest absolute Gasteiger partial charge is 0.360 e. The van der Waals surface area contributed by atoms with Gasteiger partial charge in [0.15, 0.2) is 5.69 Å². The van der Waals surface area contributed by atoms with E-state index >= 15 is 0 Å². The predicted molar refractivity (Wildman–Crippen MR) is 95.1 cm³/mol. The Balaban J connectivity index is 1.38. The Hall–Kier alpha value is -1.45. The molecule has 3 fully saturated rings. The summed E-state index contributed by atoms with van der Waals surface area (Å²) in [4.78, 5) is 12.4. The van der Waals surface area contributed by atoms with Crippen LogP contribution in [0, 0.1) is 0 Å². The van der Waals surface area contributed by atoms with Crippen LogP contribution in [0.1, 0.15) is 67.1 Å². The zero-order chi connectivity index (χ0) is 18.3. The summed E-state index contributed by atoms with van der Waals surface area (Å²) in [6, 6.07) is 1.65. The zero-order valence-corrected chi connectivity index (χ0v) is 15.6. The number of aromatic nitrogens is 1. The molecule has 1 aliphatic carbocycles. The Labute approximate surface area is 153 Å². The third kappa shape index (κ3) is 3.52. The fraction of sp³-hybridized carbons (Fsp3) is 0.765. The molecule has 1 amide bonds. The Kier molecular flexibility index (Phi) is 4.79. The number of hydrogen-bond donors (Lipinski definition) is 2. The molecular formula is C17H26N4O4S. The molecule has 1 saturated carbocycles. The van der Waals surface area contributed by atoms with Gasteiger partial charge in [-0.25, -0.2) is 8.42 Å². The van der Waals surface area contributed by atoms with E-state index in [1.807, 2.05) is 0 Å². The molecule has 3 aliphatic rings. The average molecular weight is 382 g/mol. The molecule has 3 atom stereocenters. The minimum atomic E-state index is -3.27. The van der Waals surface area contributed by atoms with E-state index in [0.29, 0.717) is 37.4 Å². The molecule has 26 heavy (non-hydrogen) atoms. The molecule has 8 nitrogen and oxygen atoms in total. The Bertz CT molecular complexity index is 759. The Morgan fingerprint density at radius 1 is 1.27 bits per heavy atom. The average Bonchev–Trinajstić information content (AvgIpc) is 3.26. The maximum atomic E-state index is 12.6. The van der Waals surface area contributed by atoms with Crippen molar-refractivity contribution in [3.63, 3.8) is 0 Å². The van der Waals surface area contributed by atoms with Crippen molar-refractivity contribution in [3.8, 4) is 0 Å². The van der Waals surface area contributed by atoms with Crippen molar-refractivity contribution in [1.29, 1.82) is 0 Å². The number of rotatable bonds is 7. The van der Waals surface area contributed by atoms with Gasteiger partial charge in [0.2, 0.25) is 10.0 Å². The minimum absolute atomic E-state index is 0.0259. The second kappa shape index (κ2) is 6.94. The molecule has 2 aliphatic heterocycles. The van der Waals surface area contributed by atoms with Gasteiger partial charge in [0.25, 0.3) is 5.91 Å². The van der Waals surface area contributed by atoms with Gasteiger partial charge in [-0.3, -0.25) is 4.79 Å². The standard InChI is InChI=1S/C17H26N4O4S/c18-6-1-7-26(23,24)21-13-4-5-14(21)9-12(8-13)19-17(22)15-10-16(25-20-15)11-2-3-11/h10-14H,1-9,18H2,(H,19,22)/t12?,13-,14+. The lowest BCUT2D eigenvalue weighted by atomic mass is 9.99. The summed E-state index contributed by atoms with van der Waals surface area (Å²) in [5.41, 5.74) is 5.78. The number of fused-ring (bicyclic) bond motifs is 2. The van der Waals surface area contributed by atoms with Gasteiger partial charge in [-0.1, -0.05) is 5.16 Å². The molecule has 2 saturated heterocycles. The van der Waals surface area contributed by atoms with Gasteiger partial charge in [0.05, 0.1) is 5.75 Å². The van der Waals surface area contributed by atoms with Crippen LogP contribution in [-0.4, -0.2) is 54.2 Å². The number of hydrogen-bond acceptors (Lipinski definition) is 6. The van der Waals surface area contributed by atoms with Crippen molar-refractivity contribution in [3.05, 3.63) is 17.5 Å². The van der Waals surface area contributed by atoms with E-state index in [2.05, 4.69) is 10.5 Å². The van der Waals surface area contributed by atoms with E-state index in [9.17, 15) is 13.2 Å². The molecule has 9 heteroatoms. The molecule has 4 rings (SSSR count). The molecule has 144 valence electrons. The van der Waals surface area contributed by atoms with Crippen molar-refractivity contribution >= 4 is 15.9 Å². The second-order valence-corrected chi connectivity index (χ2v) is 9.70. The van der Waals surface area contributed by atoms with E-state index in [1.54, 1.807) is 10.4 Å². The Morgan fingerprint density at radius 2 is 1.96 bits per heavy atom. The molecule has 1 unspecified atom stereocenters. The van der Waals surface area contributed by atoms with E-state index in [-0.39, 0.29) is 29.8 Å². The SMILES string of the molecule is NCCCS(=O)(=O)N1[C@@H]2CC[C@H]1CC(NC(=O)c1cc(C3CC3)on1)C2. The highest BCUT2D eigenvalue weighted by Crippen LogP contribution is 2.40. The van der Waals surface area contributed by atoms with Crippen molar-refractivity contribution < 1.29 is 17.7 Å². The van der Waals surface area contributed by atoms with Crippen LogP contribution in [-0.2, 0) is 10.0 Å². The van der Waals surface area contributed by atoms with Gasteiger partial charge in [0.1, 0.15) is 5.76 Å². The summed E-state index contributed by atoms with van der Waals surface area (Å²) in [6.45, 7) is 0.377. The van der Waals surface area contributed by atoms with Crippen LogP contribution >= 0.6 is 0 Å². The van der Waals surface area contributed by atoms with Gasteiger partial charge < -0.3 is 15.6 Å². The van der Waals surface area contributed by atoms with Gasteiger partial charge in [0, 0.05) is 30.1 Å². The van der Waals surface area contributed by atoms with Crippen LogP contribution in [0.5, 0.6) is 0 Å². The van der Waals surface area contributed by atoms with Crippen LogP contribution in [0.2, 0.25) is 0 Å². The van der Waals surface area contributed by atoms with Gasteiger partial charge in [-0.2, -0.15) is 4.31 Å². The summed E-state index contributed by atoms with van der Waals surface area (Å²) in [6.07, 6.45) is 5.68. The van der Waals surface area contributed by atoms with Gasteiger partial charge >= 0.3 is 0 Å². The zero-order valence-electron chi connectivity index (χ0n) is 14.8. The molecule has 3 heterocycles. The monoisotopic (exact) mass is 382 g/mol. The lowest BCUT2D eigenvalue weighted by Crippen LogP contribution is -2.53. The number of nitrogens with zero attached hydrogens (tertiary/aromatic N) is 2. The Morgan fingerprint density at radius 3 is 2.58 bits per heavy atom. The normalized spacial score (nSPS) is 29.0. The third-order valence-corrected chi connectivity index (χ3v) is 7.71. The molecule has 3 N–H and O–H groups in total. The summed E-state index contributed by atoms with van der Waals surface area (Å²) in [5, 5.41) is 6.90. The fourth-order valence-electron chi connectivity index (χ4n) is 4.29. The quantitative estimate of drug-likeness (QED) is 0.725. The van der Waals surface area contributed by atoms with Crippen molar-refractivity contribution in [1.82, 2.24) is 14.8 Å². The van der Waals surface area contributed by atoms with Gasteiger partial charge in [-0.05, 0) is 51.5 Å². The van der Waals surface area contributed by atoms with E-state index < -0.39 is 10.0 Å². The highest BCUT2D eigenvalue weighted by Gasteiger charge is 2.46. The summed E-state index contributed by atoms with van der Waals surface area (Å²) >= 11 is 0. The highest BCUT2D eigenvalue weighted by molar-refractivity contribution is 7.89. The number of nitrogens with two attached hydrogens (primary N) is 1. The topological polar surface area (TPSA) is 119 Å². The number of amides is 1. The van der Waals surface area contributed by atoms with Crippen molar-refractivity contribution in [2.75, 3.05) is 12.3 Å². The van der Waals surface area contributed by atoms with Crippen LogP contribution in [0.25, 0.3) is 0 Å². The molecule has 0 radical (unpaired) electrons. The number of carbonyl (C=O) groups is 1. The maximum Gasteiger partial charge on any atom is 0.273 e. The van der Waals surface area contributed by atoms with Crippen LogP contribution in [0.3, 0.4) is 0 Å². The van der Waals surface area contributed by atoms with Crippen LogP contribution in [0.4, 0.5) is 0 Å². The van der Waals surface area contributed by atoms with Crippen LogP contribution < -0.4 is 11.1 Å². The lowest BCUT2D eigenvalue weighted by molar-refractivity contribution is 0.0900. The van der Waals surface area contributed by atoms with E-state index in [1.165, 1.54) is 0 Å². The first-order valence-electron chi connectivity index (χ1n) is 9.46. The van der Waals surface area contributed by atoms with Crippen LogP contribution in [0.15, 0.2) is 10.6 Å². The third-order valence-electron chi connectivity index (χ3n) is 5.67. The number of carbonyl (C=O) groups excluding carboxylic acids is 1.